The summed E-state index contributed by atoms with van der Waals surface area (Å²) in [5, 5.41) is 0. The molecule has 0 radical (unpaired) electrons. The number of rotatable bonds is 57. The number of allylic oxidation sites excluding steroid dienone is 32. The van der Waals surface area contributed by atoms with Crippen LogP contribution in [-0.2, 0) is 28.6 Å². The normalized spacial score (nSPS) is 13.4. The summed E-state index contributed by atoms with van der Waals surface area (Å²) in [6.45, 7) is 6.30. The fourth-order valence-corrected chi connectivity index (χ4v) is 8.24. The molecule has 6 heteroatoms. The third-order valence-corrected chi connectivity index (χ3v) is 13.1. The highest BCUT2D eigenvalue weighted by atomic mass is 16.6. The summed E-state index contributed by atoms with van der Waals surface area (Å²) in [4.78, 5) is 38.1. The Morgan fingerprint density at radius 1 is 0.253 bits per heavy atom. The molecule has 0 aliphatic carbocycles. The minimum atomic E-state index is -0.814. The summed E-state index contributed by atoms with van der Waals surface area (Å²) >= 11 is 0. The standard InChI is InChI=1S/C77H118O6/c1-4-7-10-13-16-18-20-22-24-26-28-30-32-34-35-36-37-38-39-40-41-43-44-46-48-50-52-54-56-58-61-64-67-70-76(79)82-73-74(72-81-75(78)69-66-63-60-15-12-9-6-3)83-77(80)71-68-65-62-59-57-55-53-51-49-47-45-42-33-31-29-27-25-23-21-19-17-14-11-8-5-2/h7-8,10-11,16-19,22-25,28-31,34-35,37-38,40-42,44-46,49-52,56,58,74H,4-6,9,12-15,20-21,26-27,32-33,36,39,43,47-48,53-55,57,59-73H2,1-3H3/b10-7-,11-8-,18-16-,19-17-,24-22-,25-23-,30-28-,31-29-,35-34-,38-37-,41-40-,45-42-,46-44-,51-49-,52-50-,58-56-. The van der Waals surface area contributed by atoms with Gasteiger partial charge in [-0.15, -0.1) is 0 Å². The lowest BCUT2D eigenvalue weighted by Crippen LogP contribution is -2.30. The van der Waals surface area contributed by atoms with Crippen molar-refractivity contribution in [2.45, 2.75) is 258 Å². The fourth-order valence-electron chi connectivity index (χ4n) is 8.24. The molecule has 6 nitrogen and oxygen atoms in total. The highest BCUT2D eigenvalue weighted by Gasteiger charge is 2.19. The molecular weight excluding hydrogens is 1020 g/mol. The lowest BCUT2D eigenvalue weighted by molar-refractivity contribution is -0.167. The van der Waals surface area contributed by atoms with Crippen molar-refractivity contribution in [2.24, 2.45) is 0 Å². The van der Waals surface area contributed by atoms with Crippen LogP contribution in [0.1, 0.15) is 252 Å². The van der Waals surface area contributed by atoms with Crippen LogP contribution in [0.5, 0.6) is 0 Å². The summed E-state index contributed by atoms with van der Waals surface area (Å²) < 4.78 is 16.8. The average molecular weight is 1140 g/mol. The Morgan fingerprint density at radius 2 is 0.470 bits per heavy atom. The van der Waals surface area contributed by atoms with Crippen molar-refractivity contribution in [3.05, 3.63) is 194 Å². The molecule has 0 aliphatic rings. The minimum Gasteiger partial charge on any atom is -0.462 e. The summed E-state index contributed by atoms with van der Waals surface area (Å²) in [5.41, 5.74) is 0. The molecular formula is C77H118O6. The Morgan fingerprint density at radius 3 is 0.759 bits per heavy atom. The number of hydrogen-bond acceptors (Lipinski definition) is 6. The van der Waals surface area contributed by atoms with Gasteiger partial charge in [0.25, 0.3) is 0 Å². The zero-order valence-corrected chi connectivity index (χ0v) is 52.9. The number of hydrogen-bond donors (Lipinski definition) is 0. The van der Waals surface area contributed by atoms with Crippen LogP contribution in [0.2, 0.25) is 0 Å². The van der Waals surface area contributed by atoms with E-state index in [0.717, 1.165) is 167 Å². The van der Waals surface area contributed by atoms with E-state index in [1.165, 1.54) is 38.5 Å². The second kappa shape index (κ2) is 68.7. The zero-order valence-electron chi connectivity index (χ0n) is 52.9. The number of ether oxygens (including phenoxy) is 3. The summed E-state index contributed by atoms with van der Waals surface area (Å²) in [5.74, 6) is -0.984. The molecule has 0 saturated carbocycles. The molecule has 0 spiro atoms. The van der Waals surface area contributed by atoms with Gasteiger partial charge in [0.2, 0.25) is 0 Å². The van der Waals surface area contributed by atoms with E-state index in [1.807, 2.05) is 0 Å². The SMILES string of the molecule is CC/C=C\C/C=C\C/C=C\C/C=C\C/C=C\C/C=C\C/C=C\C/C=C\C/C=C\C/C=C\CCCCC(=O)OCC(COC(=O)CCCCCCCCC)OC(=O)CCCCCCCC/C=C\C/C=C\C/C=C\C/C=C\C/C=C\C/C=C\CC. The molecule has 0 aromatic heterocycles. The maximum Gasteiger partial charge on any atom is 0.306 e. The molecule has 462 valence electrons. The lowest BCUT2D eigenvalue weighted by atomic mass is 10.1. The van der Waals surface area contributed by atoms with E-state index < -0.39 is 6.10 Å². The monoisotopic (exact) mass is 1140 g/mol. The Hall–Kier alpha value is -5.75. The molecule has 0 saturated heterocycles. The zero-order chi connectivity index (χ0) is 59.9. The summed E-state index contributed by atoms with van der Waals surface area (Å²) in [6, 6.07) is 0. The van der Waals surface area contributed by atoms with Crippen molar-refractivity contribution in [1.29, 1.82) is 0 Å². The van der Waals surface area contributed by atoms with E-state index in [2.05, 4.69) is 215 Å². The highest BCUT2D eigenvalue weighted by molar-refractivity contribution is 5.71. The van der Waals surface area contributed by atoms with Gasteiger partial charge in [-0.1, -0.05) is 279 Å². The molecule has 0 fully saturated rings. The van der Waals surface area contributed by atoms with Crippen molar-refractivity contribution in [3.63, 3.8) is 0 Å². The molecule has 0 N–H and O–H groups in total. The Bertz CT molecular complexity index is 1990. The van der Waals surface area contributed by atoms with Crippen molar-refractivity contribution < 1.29 is 28.6 Å². The average Bonchev–Trinajstić information content (AvgIpc) is 3.50. The molecule has 0 aliphatic heterocycles. The van der Waals surface area contributed by atoms with Gasteiger partial charge in [0, 0.05) is 19.3 Å². The first-order valence-corrected chi connectivity index (χ1v) is 32.9. The number of unbranched alkanes of at least 4 members (excludes halogenated alkanes) is 14. The third kappa shape index (κ3) is 66.9. The van der Waals surface area contributed by atoms with Crippen molar-refractivity contribution in [2.75, 3.05) is 13.2 Å². The van der Waals surface area contributed by atoms with Gasteiger partial charge in [-0.3, -0.25) is 14.4 Å². The second-order valence-electron chi connectivity index (χ2n) is 20.9. The van der Waals surface area contributed by atoms with Crippen molar-refractivity contribution in [3.8, 4) is 0 Å². The molecule has 1 unspecified atom stereocenters. The van der Waals surface area contributed by atoms with Gasteiger partial charge in [-0.25, -0.2) is 0 Å². The van der Waals surface area contributed by atoms with Gasteiger partial charge in [0.05, 0.1) is 0 Å². The van der Waals surface area contributed by atoms with Crippen LogP contribution in [0.3, 0.4) is 0 Å². The van der Waals surface area contributed by atoms with Crippen LogP contribution in [0.4, 0.5) is 0 Å². The minimum absolute atomic E-state index is 0.107. The number of carbonyl (C=O) groups is 3. The molecule has 0 bridgehead atoms. The van der Waals surface area contributed by atoms with E-state index in [4.69, 9.17) is 14.2 Å². The Kier molecular flexibility index (Phi) is 64.0. The molecule has 0 heterocycles. The van der Waals surface area contributed by atoms with Crippen molar-refractivity contribution >= 4 is 17.9 Å². The van der Waals surface area contributed by atoms with Crippen LogP contribution >= 0.6 is 0 Å². The topological polar surface area (TPSA) is 78.9 Å². The molecule has 0 aromatic carbocycles. The summed E-state index contributed by atoms with van der Waals surface area (Å²) in [7, 11) is 0. The predicted molar refractivity (Wildman–Crippen MR) is 361 cm³/mol. The molecule has 0 aromatic rings. The maximum absolute atomic E-state index is 12.9. The van der Waals surface area contributed by atoms with Gasteiger partial charge >= 0.3 is 17.9 Å². The van der Waals surface area contributed by atoms with Gasteiger partial charge < -0.3 is 14.2 Å². The summed E-state index contributed by atoms with van der Waals surface area (Å²) in [6.07, 6.45) is 105. The van der Waals surface area contributed by atoms with E-state index in [-0.39, 0.29) is 37.5 Å². The molecule has 1 atom stereocenters. The first-order chi connectivity index (χ1) is 41.0. The van der Waals surface area contributed by atoms with Crippen LogP contribution in [0, 0.1) is 0 Å². The molecule has 83 heavy (non-hydrogen) atoms. The van der Waals surface area contributed by atoms with Crippen molar-refractivity contribution in [1.82, 2.24) is 0 Å². The smallest absolute Gasteiger partial charge is 0.306 e. The number of esters is 3. The van der Waals surface area contributed by atoms with Gasteiger partial charge in [0.15, 0.2) is 6.10 Å². The van der Waals surface area contributed by atoms with E-state index in [9.17, 15) is 14.4 Å². The lowest BCUT2D eigenvalue weighted by Gasteiger charge is -2.18. The van der Waals surface area contributed by atoms with E-state index in [0.29, 0.717) is 19.3 Å². The van der Waals surface area contributed by atoms with E-state index in [1.54, 1.807) is 0 Å². The van der Waals surface area contributed by atoms with Crippen LogP contribution < -0.4 is 0 Å². The van der Waals surface area contributed by atoms with Gasteiger partial charge in [-0.05, 0) is 148 Å². The van der Waals surface area contributed by atoms with Crippen LogP contribution in [0.15, 0.2) is 194 Å². The highest BCUT2D eigenvalue weighted by Crippen LogP contribution is 2.13. The molecule has 0 amide bonds. The second-order valence-corrected chi connectivity index (χ2v) is 20.9. The first-order valence-electron chi connectivity index (χ1n) is 32.9. The van der Waals surface area contributed by atoms with Gasteiger partial charge in [-0.2, -0.15) is 0 Å². The Labute approximate surface area is 509 Å². The number of carbonyl (C=O) groups excluding carboxylic acids is 3. The maximum atomic E-state index is 12.9. The third-order valence-electron chi connectivity index (χ3n) is 13.1. The largest absolute Gasteiger partial charge is 0.462 e. The molecule has 0 rings (SSSR count). The van der Waals surface area contributed by atoms with Crippen LogP contribution in [0.25, 0.3) is 0 Å². The van der Waals surface area contributed by atoms with Crippen LogP contribution in [-0.4, -0.2) is 37.2 Å². The van der Waals surface area contributed by atoms with Gasteiger partial charge in [0.1, 0.15) is 13.2 Å². The predicted octanol–water partition coefficient (Wildman–Crippen LogP) is 23.0. The van der Waals surface area contributed by atoms with E-state index >= 15 is 0 Å². The Balaban J connectivity index is 4.31. The first kappa shape index (κ1) is 77.2. The quantitative estimate of drug-likeness (QED) is 0.0261. The fraction of sp³-hybridized carbons (Fsp3) is 0.545.